The van der Waals surface area contributed by atoms with E-state index in [0.717, 1.165) is 5.56 Å². The zero-order chi connectivity index (χ0) is 17.5. The van der Waals surface area contributed by atoms with E-state index in [-0.39, 0.29) is 18.3 Å². The van der Waals surface area contributed by atoms with Crippen LogP contribution in [-0.2, 0) is 4.79 Å². The minimum Gasteiger partial charge on any atom is -0.492 e. The molecule has 128 valence electrons. The number of carbonyl (C=O) groups is 1. The molecule has 0 aromatic heterocycles. The Morgan fingerprint density at radius 1 is 1.00 bits per heavy atom. The third kappa shape index (κ3) is 5.26. The molecule has 0 aliphatic carbocycles. The van der Waals surface area contributed by atoms with E-state index in [2.05, 4.69) is 0 Å². The first-order chi connectivity index (χ1) is 11.5. The van der Waals surface area contributed by atoms with E-state index in [4.69, 9.17) is 9.47 Å². The summed E-state index contributed by atoms with van der Waals surface area (Å²) >= 11 is 0. The van der Waals surface area contributed by atoms with Gasteiger partial charge in [0.15, 0.2) is 6.61 Å². The van der Waals surface area contributed by atoms with Crippen molar-refractivity contribution in [1.82, 2.24) is 4.90 Å². The van der Waals surface area contributed by atoms with Crippen LogP contribution in [0.15, 0.2) is 42.5 Å². The molecule has 0 radical (unpaired) electrons. The van der Waals surface area contributed by atoms with Crippen LogP contribution in [0.2, 0.25) is 0 Å². The fourth-order valence-corrected chi connectivity index (χ4v) is 2.01. The summed E-state index contributed by atoms with van der Waals surface area (Å²) in [5, 5.41) is 0. The maximum absolute atomic E-state index is 12.8. The number of nitrogens with zero attached hydrogens (tertiary/aromatic N) is 1. The highest BCUT2D eigenvalue weighted by molar-refractivity contribution is 5.77. The second-order valence-corrected chi connectivity index (χ2v) is 5.65. The third-order valence-electron chi connectivity index (χ3n) is 3.78. The highest BCUT2D eigenvalue weighted by atomic mass is 19.1. The molecule has 0 aliphatic heterocycles. The molecule has 4 nitrogen and oxygen atoms in total. The summed E-state index contributed by atoms with van der Waals surface area (Å²) in [5.41, 5.74) is 2.31. The van der Waals surface area contributed by atoms with Crippen LogP contribution >= 0.6 is 0 Å². The third-order valence-corrected chi connectivity index (χ3v) is 3.78. The van der Waals surface area contributed by atoms with Crippen molar-refractivity contribution in [2.75, 3.05) is 26.8 Å². The molecule has 0 saturated heterocycles. The summed E-state index contributed by atoms with van der Waals surface area (Å²) in [6.45, 7) is 4.77. The van der Waals surface area contributed by atoms with E-state index in [1.54, 1.807) is 24.1 Å². The minimum atomic E-state index is -0.307. The lowest BCUT2D eigenvalue weighted by molar-refractivity contribution is -0.132. The number of likely N-dealkylation sites (N-methyl/N-ethyl adjacent to an activating group) is 1. The predicted molar refractivity (Wildman–Crippen MR) is 90.9 cm³/mol. The molecule has 0 saturated carbocycles. The van der Waals surface area contributed by atoms with Gasteiger partial charge < -0.3 is 14.4 Å². The summed E-state index contributed by atoms with van der Waals surface area (Å²) < 4.78 is 23.8. The smallest absolute Gasteiger partial charge is 0.260 e. The van der Waals surface area contributed by atoms with Crippen molar-refractivity contribution in [2.24, 2.45) is 0 Å². The SMILES string of the molecule is Cc1ccc(OCC(=O)N(C)CCOc2ccc(F)cc2)cc1C. The lowest BCUT2D eigenvalue weighted by Crippen LogP contribution is -2.34. The molecule has 1 amide bonds. The molecule has 2 aromatic carbocycles. The minimum absolute atomic E-state index is 0.0183. The van der Waals surface area contributed by atoms with Gasteiger partial charge in [0.25, 0.3) is 5.91 Å². The van der Waals surface area contributed by atoms with Crippen molar-refractivity contribution in [3.8, 4) is 11.5 Å². The van der Waals surface area contributed by atoms with Gasteiger partial charge in [-0.15, -0.1) is 0 Å². The van der Waals surface area contributed by atoms with Crippen LogP contribution < -0.4 is 9.47 Å². The molecule has 2 rings (SSSR count). The van der Waals surface area contributed by atoms with Gasteiger partial charge >= 0.3 is 0 Å². The van der Waals surface area contributed by atoms with Gasteiger partial charge in [0.2, 0.25) is 0 Å². The van der Waals surface area contributed by atoms with Gasteiger partial charge in [-0.25, -0.2) is 4.39 Å². The molecule has 0 aliphatic rings. The van der Waals surface area contributed by atoms with Gasteiger partial charge in [0.05, 0.1) is 6.54 Å². The monoisotopic (exact) mass is 331 g/mol. The average molecular weight is 331 g/mol. The van der Waals surface area contributed by atoms with Gasteiger partial charge in [-0.3, -0.25) is 4.79 Å². The first kappa shape index (κ1) is 17.8. The molecule has 0 atom stereocenters. The Morgan fingerprint density at radius 3 is 2.33 bits per heavy atom. The van der Waals surface area contributed by atoms with Crippen LogP contribution in [0.4, 0.5) is 4.39 Å². The molecule has 0 N–H and O–H groups in total. The highest BCUT2D eigenvalue weighted by Crippen LogP contribution is 2.16. The lowest BCUT2D eigenvalue weighted by Gasteiger charge is -2.18. The normalized spacial score (nSPS) is 10.3. The number of carbonyl (C=O) groups excluding carboxylic acids is 1. The molecular formula is C19H22FNO3. The average Bonchev–Trinajstić information content (AvgIpc) is 2.57. The summed E-state index contributed by atoms with van der Waals surface area (Å²) in [5.74, 6) is 0.820. The fraction of sp³-hybridized carbons (Fsp3) is 0.316. The van der Waals surface area contributed by atoms with Gasteiger partial charge in [0.1, 0.15) is 23.9 Å². The van der Waals surface area contributed by atoms with Crippen LogP contribution in [0.1, 0.15) is 11.1 Å². The van der Waals surface area contributed by atoms with Crippen molar-refractivity contribution in [2.45, 2.75) is 13.8 Å². The van der Waals surface area contributed by atoms with Crippen LogP contribution in [-0.4, -0.2) is 37.6 Å². The van der Waals surface area contributed by atoms with E-state index in [0.29, 0.717) is 24.7 Å². The maximum atomic E-state index is 12.8. The van der Waals surface area contributed by atoms with Crippen molar-refractivity contribution in [3.05, 3.63) is 59.4 Å². The number of ether oxygens (including phenoxy) is 2. The predicted octanol–water partition coefficient (Wildman–Crippen LogP) is 3.36. The number of hydrogen-bond acceptors (Lipinski definition) is 3. The van der Waals surface area contributed by atoms with Crippen LogP contribution in [0.5, 0.6) is 11.5 Å². The number of benzene rings is 2. The van der Waals surface area contributed by atoms with Crippen LogP contribution in [0.3, 0.4) is 0 Å². The molecule has 5 heteroatoms. The number of rotatable bonds is 7. The summed E-state index contributed by atoms with van der Waals surface area (Å²) in [6.07, 6.45) is 0. The van der Waals surface area contributed by atoms with E-state index in [1.165, 1.54) is 17.7 Å². The molecule has 0 fully saturated rings. The summed E-state index contributed by atoms with van der Waals surface area (Å²) in [6, 6.07) is 11.5. The Balaban J connectivity index is 1.73. The first-order valence-corrected chi connectivity index (χ1v) is 7.78. The Kier molecular flexibility index (Phi) is 6.18. The van der Waals surface area contributed by atoms with E-state index >= 15 is 0 Å². The van der Waals surface area contributed by atoms with Gasteiger partial charge in [-0.05, 0) is 61.4 Å². The molecule has 0 spiro atoms. The molecule has 24 heavy (non-hydrogen) atoms. The molecule has 0 unspecified atom stereocenters. The van der Waals surface area contributed by atoms with Crippen molar-refractivity contribution in [3.63, 3.8) is 0 Å². The second-order valence-electron chi connectivity index (χ2n) is 5.65. The number of amides is 1. The maximum Gasteiger partial charge on any atom is 0.260 e. The molecular weight excluding hydrogens is 309 g/mol. The Labute approximate surface area is 141 Å². The van der Waals surface area contributed by atoms with E-state index < -0.39 is 0 Å². The Hall–Kier alpha value is -2.56. The highest BCUT2D eigenvalue weighted by Gasteiger charge is 2.10. The van der Waals surface area contributed by atoms with Crippen molar-refractivity contribution < 1.29 is 18.7 Å². The second kappa shape index (κ2) is 8.34. The Bertz CT molecular complexity index is 686. The lowest BCUT2D eigenvalue weighted by atomic mass is 10.1. The Morgan fingerprint density at radius 2 is 1.67 bits per heavy atom. The topological polar surface area (TPSA) is 38.8 Å². The number of hydrogen-bond donors (Lipinski definition) is 0. The molecule has 0 bridgehead atoms. The van der Waals surface area contributed by atoms with Crippen molar-refractivity contribution >= 4 is 5.91 Å². The van der Waals surface area contributed by atoms with Gasteiger partial charge in [-0.2, -0.15) is 0 Å². The largest absolute Gasteiger partial charge is 0.492 e. The molecule has 0 heterocycles. The van der Waals surface area contributed by atoms with E-state index in [9.17, 15) is 9.18 Å². The van der Waals surface area contributed by atoms with E-state index in [1.807, 2.05) is 32.0 Å². The first-order valence-electron chi connectivity index (χ1n) is 7.78. The standard InChI is InChI=1S/C19H22FNO3/c1-14-4-7-18(12-15(14)2)24-13-19(22)21(3)10-11-23-17-8-5-16(20)6-9-17/h4-9,12H,10-11,13H2,1-3H3. The number of aryl methyl sites for hydroxylation is 2. The summed E-state index contributed by atoms with van der Waals surface area (Å²) in [7, 11) is 1.69. The number of halogens is 1. The summed E-state index contributed by atoms with van der Waals surface area (Å²) in [4.78, 5) is 13.6. The zero-order valence-electron chi connectivity index (χ0n) is 14.2. The van der Waals surface area contributed by atoms with Crippen molar-refractivity contribution in [1.29, 1.82) is 0 Å². The zero-order valence-corrected chi connectivity index (χ0v) is 14.2. The molecule has 2 aromatic rings. The van der Waals surface area contributed by atoms with Crippen LogP contribution in [0.25, 0.3) is 0 Å². The van der Waals surface area contributed by atoms with Gasteiger partial charge in [0, 0.05) is 7.05 Å². The fourth-order valence-electron chi connectivity index (χ4n) is 2.01. The van der Waals surface area contributed by atoms with Crippen LogP contribution in [0, 0.1) is 19.7 Å². The van der Waals surface area contributed by atoms with Gasteiger partial charge in [-0.1, -0.05) is 6.07 Å². The quantitative estimate of drug-likeness (QED) is 0.781.